The van der Waals surface area contributed by atoms with Crippen LogP contribution in [0.5, 0.6) is 0 Å². The van der Waals surface area contributed by atoms with E-state index in [-0.39, 0.29) is 19.6 Å². The highest BCUT2D eigenvalue weighted by Crippen LogP contribution is 2.31. The number of carbonyl (C=O) groups excluding carboxylic acids is 1. The Labute approximate surface area is 235 Å². The number of aryl methyl sites for hydroxylation is 1. The third kappa shape index (κ3) is 7.68. The Bertz CT molecular complexity index is 1400. The van der Waals surface area contributed by atoms with Crippen LogP contribution in [-0.4, -0.2) is 61.2 Å². The number of hydrogen-bond donors (Lipinski definition) is 0. The summed E-state index contributed by atoms with van der Waals surface area (Å²) in [6.45, 7) is 3.58. The topological polar surface area (TPSA) is 60.9 Å². The van der Waals surface area contributed by atoms with E-state index in [1.165, 1.54) is 28.4 Å². The van der Waals surface area contributed by atoms with Crippen molar-refractivity contribution in [1.82, 2.24) is 14.1 Å². The van der Waals surface area contributed by atoms with Crippen molar-refractivity contribution in [2.24, 2.45) is 0 Å². The highest BCUT2D eigenvalue weighted by molar-refractivity contribution is 7.89. The summed E-state index contributed by atoms with van der Waals surface area (Å²) in [5, 5.41) is 1.89. The van der Waals surface area contributed by atoms with Crippen LogP contribution < -0.4 is 0 Å². The lowest BCUT2D eigenvalue weighted by molar-refractivity contribution is -0.137. The molecule has 1 fully saturated rings. The highest BCUT2D eigenvalue weighted by atomic mass is 32.2. The zero-order valence-electron chi connectivity index (χ0n) is 22.0. The second-order valence-electron chi connectivity index (χ2n) is 9.82. The van der Waals surface area contributed by atoms with E-state index in [1.54, 1.807) is 12.1 Å². The molecule has 0 N–H and O–H groups in total. The zero-order valence-corrected chi connectivity index (χ0v) is 23.7. The molecule has 1 aromatic heterocycles. The summed E-state index contributed by atoms with van der Waals surface area (Å²) in [6.07, 6.45) is -2.76. The van der Waals surface area contributed by atoms with Crippen LogP contribution in [0.4, 0.5) is 17.6 Å². The van der Waals surface area contributed by atoms with Gasteiger partial charge in [-0.15, -0.1) is 11.3 Å². The first-order valence-corrected chi connectivity index (χ1v) is 15.2. The van der Waals surface area contributed by atoms with E-state index >= 15 is 0 Å². The SMILES string of the molecule is Cc1ccsc1CN(Cc1ccc(F)cc1)C(=O)CN(CCN1CCCC1)S(=O)(=O)c1cccc(C(F)(F)F)c1. The predicted octanol–water partition coefficient (Wildman–Crippen LogP) is 5.53. The quantitative estimate of drug-likeness (QED) is 0.273. The van der Waals surface area contributed by atoms with Crippen molar-refractivity contribution in [3.05, 3.63) is 87.4 Å². The molecular formula is C28H31F4N3O3S2. The fourth-order valence-corrected chi connectivity index (χ4v) is 6.91. The molecule has 0 radical (unpaired) electrons. The fourth-order valence-electron chi connectivity index (χ4n) is 4.56. The van der Waals surface area contributed by atoms with Gasteiger partial charge in [-0.05, 0) is 85.8 Å². The maximum absolute atomic E-state index is 13.7. The number of sulfonamides is 1. The lowest BCUT2D eigenvalue weighted by Gasteiger charge is -2.29. The standard InChI is InChI=1S/C28H31F4N3O3S2/c1-21-11-16-39-26(21)19-34(18-22-7-9-24(29)10-8-22)27(36)20-35(15-14-33-12-2-3-13-33)40(37,38)25-6-4-5-23(17-25)28(30,31)32/h4-11,16-17H,2-3,12-15,18-20H2,1H3. The van der Waals surface area contributed by atoms with Crippen molar-refractivity contribution < 1.29 is 30.8 Å². The summed E-state index contributed by atoms with van der Waals surface area (Å²) in [7, 11) is -4.44. The minimum Gasteiger partial charge on any atom is -0.332 e. The molecule has 3 aromatic rings. The van der Waals surface area contributed by atoms with Crippen LogP contribution in [0.3, 0.4) is 0 Å². The maximum Gasteiger partial charge on any atom is 0.416 e. The summed E-state index contributed by atoms with van der Waals surface area (Å²) >= 11 is 1.46. The molecule has 0 bridgehead atoms. The van der Waals surface area contributed by atoms with E-state index in [1.807, 2.05) is 18.4 Å². The number of carbonyl (C=O) groups is 1. The molecule has 40 heavy (non-hydrogen) atoms. The Morgan fingerprint density at radius 1 is 1.02 bits per heavy atom. The number of alkyl halides is 3. The van der Waals surface area contributed by atoms with Gasteiger partial charge >= 0.3 is 6.18 Å². The summed E-state index contributed by atoms with van der Waals surface area (Å²) in [6, 6.07) is 11.2. The molecule has 2 aromatic carbocycles. The number of rotatable bonds is 11. The number of hydrogen-bond acceptors (Lipinski definition) is 5. The van der Waals surface area contributed by atoms with Crippen LogP contribution in [0.25, 0.3) is 0 Å². The maximum atomic E-state index is 13.7. The molecule has 6 nitrogen and oxygen atoms in total. The number of likely N-dealkylation sites (tertiary alicyclic amines) is 1. The molecule has 12 heteroatoms. The smallest absolute Gasteiger partial charge is 0.332 e. The van der Waals surface area contributed by atoms with Gasteiger partial charge in [-0.1, -0.05) is 18.2 Å². The largest absolute Gasteiger partial charge is 0.416 e. The second kappa shape index (κ2) is 12.8. The predicted molar refractivity (Wildman–Crippen MR) is 146 cm³/mol. The van der Waals surface area contributed by atoms with Gasteiger partial charge in [-0.2, -0.15) is 17.5 Å². The number of amides is 1. The first kappa shape index (κ1) is 30.2. The number of nitrogens with zero attached hydrogens (tertiary/aromatic N) is 3. The Hall–Kier alpha value is -2.80. The monoisotopic (exact) mass is 597 g/mol. The number of halogens is 4. The van der Waals surface area contributed by atoms with Crippen molar-refractivity contribution in [1.29, 1.82) is 0 Å². The van der Waals surface area contributed by atoms with E-state index in [2.05, 4.69) is 4.90 Å². The van der Waals surface area contributed by atoms with Crippen LogP contribution in [0, 0.1) is 12.7 Å². The van der Waals surface area contributed by atoms with Crippen LogP contribution >= 0.6 is 11.3 Å². The molecule has 1 amide bonds. The van der Waals surface area contributed by atoms with Crippen molar-refractivity contribution in [2.75, 3.05) is 32.7 Å². The van der Waals surface area contributed by atoms with Crippen LogP contribution in [0.1, 0.15) is 34.4 Å². The van der Waals surface area contributed by atoms with E-state index in [9.17, 15) is 30.8 Å². The molecule has 0 aliphatic carbocycles. The first-order chi connectivity index (χ1) is 18.9. The number of benzene rings is 2. The van der Waals surface area contributed by atoms with E-state index in [0.29, 0.717) is 18.2 Å². The Morgan fingerprint density at radius 3 is 2.35 bits per heavy atom. The first-order valence-electron chi connectivity index (χ1n) is 12.9. The molecule has 1 saturated heterocycles. The normalized spacial score (nSPS) is 14.7. The minimum absolute atomic E-state index is 0.0489. The van der Waals surface area contributed by atoms with Crippen molar-refractivity contribution >= 4 is 27.3 Å². The molecule has 0 saturated carbocycles. The fraction of sp³-hybridized carbons (Fsp3) is 0.393. The third-order valence-corrected chi connectivity index (χ3v) is 9.77. The van der Waals surface area contributed by atoms with Gasteiger partial charge < -0.3 is 9.80 Å². The van der Waals surface area contributed by atoms with Crippen molar-refractivity contribution in [3.8, 4) is 0 Å². The van der Waals surface area contributed by atoms with Gasteiger partial charge in [-0.25, -0.2) is 12.8 Å². The van der Waals surface area contributed by atoms with Crippen LogP contribution in [-0.2, 0) is 34.1 Å². The molecule has 1 aliphatic heterocycles. The summed E-state index contributed by atoms with van der Waals surface area (Å²) in [5.74, 6) is -0.926. The van der Waals surface area contributed by atoms with Gasteiger partial charge in [0.2, 0.25) is 15.9 Å². The highest BCUT2D eigenvalue weighted by Gasteiger charge is 2.34. The molecule has 0 unspecified atom stereocenters. The summed E-state index contributed by atoms with van der Waals surface area (Å²) < 4.78 is 81.9. The van der Waals surface area contributed by atoms with Crippen LogP contribution in [0.2, 0.25) is 0 Å². The molecule has 0 atom stereocenters. The van der Waals surface area contributed by atoms with Gasteiger partial charge in [0.1, 0.15) is 5.82 Å². The van der Waals surface area contributed by atoms with E-state index in [0.717, 1.165) is 58.9 Å². The second-order valence-corrected chi connectivity index (χ2v) is 12.8. The third-order valence-electron chi connectivity index (χ3n) is 6.92. The van der Waals surface area contributed by atoms with E-state index in [4.69, 9.17) is 0 Å². The minimum atomic E-state index is -4.72. The van der Waals surface area contributed by atoms with Gasteiger partial charge in [0.15, 0.2) is 0 Å². The zero-order chi connectivity index (χ0) is 28.9. The van der Waals surface area contributed by atoms with E-state index < -0.39 is 44.9 Å². The van der Waals surface area contributed by atoms with Gasteiger partial charge in [0, 0.05) is 24.5 Å². The molecule has 0 spiro atoms. The van der Waals surface area contributed by atoms with Gasteiger partial charge in [-0.3, -0.25) is 4.79 Å². The Morgan fingerprint density at radius 2 is 1.73 bits per heavy atom. The lowest BCUT2D eigenvalue weighted by Crippen LogP contribution is -2.45. The van der Waals surface area contributed by atoms with Gasteiger partial charge in [0.25, 0.3) is 0 Å². The lowest BCUT2D eigenvalue weighted by atomic mass is 10.2. The Kier molecular flexibility index (Phi) is 9.65. The van der Waals surface area contributed by atoms with Crippen molar-refractivity contribution in [2.45, 2.75) is 43.9 Å². The summed E-state index contributed by atoms with van der Waals surface area (Å²) in [4.78, 5) is 17.7. The average molecular weight is 598 g/mol. The molecule has 2 heterocycles. The molecule has 4 rings (SSSR count). The summed E-state index contributed by atoms with van der Waals surface area (Å²) in [5.41, 5.74) is 0.559. The Balaban J connectivity index is 1.63. The molecule has 216 valence electrons. The van der Waals surface area contributed by atoms with Gasteiger partial charge in [0.05, 0.1) is 23.5 Å². The van der Waals surface area contributed by atoms with Crippen molar-refractivity contribution in [3.63, 3.8) is 0 Å². The molecule has 1 aliphatic rings. The molecular weight excluding hydrogens is 566 g/mol. The number of thiophene rings is 1. The van der Waals surface area contributed by atoms with Crippen LogP contribution in [0.15, 0.2) is 64.9 Å². The average Bonchev–Trinajstić information content (AvgIpc) is 3.58.